The maximum absolute atomic E-state index is 11.7. The van der Waals surface area contributed by atoms with Gasteiger partial charge in [-0.3, -0.25) is 4.79 Å². The van der Waals surface area contributed by atoms with Crippen molar-refractivity contribution in [1.82, 2.24) is 10.2 Å². The van der Waals surface area contributed by atoms with E-state index in [1.54, 1.807) is 19.0 Å². The van der Waals surface area contributed by atoms with Gasteiger partial charge in [-0.2, -0.15) is 0 Å². The van der Waals surface area contributed by atoms with Crippen molar-refractivity contribution in [1.29, 1.82) is 0 Å². The van der Waals surface area contributed by atoms with Crippen LogP contribution < -0.4 is 5.32 Å². The van der Waals surface area contributed by atoms with Crippen LogP contribution in [0.25, 0.3) is 0 Å². The summed E-state index contributed by atoms with van der Waals surface area (Å²) < 4.78 is 0. The average molecular weight is 186 g/mol. The summed E-state index contributed by atoms with van der Waals surface area (Å²) in [7, 11) is 3.58. The first-order valence-electron chi connectivity index (χ1n) is 4.72. The molecule has 0 bridgehead atoms. The smallest absolute Gasteiger partial charge is 0.228 e. The van der Waals surface area contributed by atoms with Crippen molar-refractivity contribution in [2.24, 2.45) is 5.41 Å². The van der Waals surface area contributed by atoms with Crippen LogP contribution in [0.1, 0.15) is 27.7 Å². The maximum atomic E-state index is 11.7. The van der Waals surface area contributed by atoms with Gasteiger partial charge in [0.25, 0.3) is 0 Å². The number of hydrogen-bond donors (Lipinski definition) is 1. The zero-order valence-corrected chi connectivity index (χ0v) is 9.64. The van der Waals surface area contributed by atoms with Crippen LogP contribution in [0.4, 0.5) is 0 Å². The zero-order chi connectivity index (χ0) is 10.6. The van der Waals surface area contributed by atoms with Crippen molar-refractivity contribution in [3.8, 4) is 0 Å². The summed E-state index contributed by atoms with van der Waals surface area (Å²) in [4.78, 5) is 13.3. The molecular weight excluding hydrogens is 164 g/mol. The molecule has 0 aliphatic carbocycles. The molecule has 78 valence electrons. The molecule has 1 N–H and O–H groups in total. The Balaban J connectivity index is 4.14. The molecule has 0 unspecified atom stereocenters. The van der Waals surface area contributed by atoms with Crippen LogP contribution in [0.2, 0.25) is 0 Å². The molecule has 0 heterocycles. The maximum Gasteiger partial charge on any atom is 0.228 e. The minimum Gasteiger partial charge on any atom is -0.348 e. The van der Waals surface area contributed by atoms with Crippen LogP contribution in [0, 0.1) is 5.41 Å². The van der Waals surface area contributed by atoms with E-state index in [-0.39, 0.29) is 11.3 Å². The van der Waals surface area contributed by atoms with E-state index in [2.05, 4.69) is 19.2 Å². The fraction of sp³-hybridized carbons (Fsp3) is 0.900. The van der Waals surface area contributed by atoms with Crippen LogP contribution in [0.5, 0.6) is 0 Å². The summed E-state index contributed by atoms with van der Waals surface area (Å²) in [6.45, 7) is 8.81. The van der Waals surface area contributed by atoms with Gasteiger partial charge in [-0.15, -0.1) is 0 Å². The number of rotatable bonds is 4. The Kier molecular flexibility index (Phi) is 4.40. The van der Waals surface area contributed by atoms with E-state index in [4.69, 9.17) is 0 Å². The summed E-state index contributed by atoms with van der Waals surface area (Å²) in [5.74, 6) is 0.167. The zero-order valence-electron chi connectivity index (χ0n) is 9.64. The van der Waals surface area contributed by atoms with Gasteiger partial charge >= 0.3 is 0 Å². The Morgan fingerprint density at radius 1 is 1.38 bits per heavy atom. The predicted molar refractivity (Wildman–Crippen MR) is 55.6 cm³/mol. The fourth-order valence-corrected chi connectivity index (χ4v) is 1.14. The van der Waals surface area contributed by atoms with Crippen molar-refractivity contribution in [3.05, 3.63) is 0 Å². The first-order chi connectivity index (χ1) is 5.77. The minimum atomic E-state index is -0.312. The summed E-state index contributed by atoms with van der Waals surface area (Å²) in [6, 6.07) is 0.425. The lowest BCUT2D eigenvalue weighted by atomic mass is 9.91. The molecule has 0 saturated carbocycles. The minimum absolute atomic E-state index is 0.167. The third-order valence-electron chi connectivity index (χ3n) is 1.94. The lowest BCUT2D eigenvalue weighted by Crippen LogP contribution is -2.44. The van der Waals surface area contributed by atoms with Gasteiger partial charge in [0.1, 0.15) is 0 Å². The fourth-order valence-electron chi connectivity index (χ4n) is 1.14. The highest BCUT2D eigenvalue weighted by atomic mass is 16.2. The number of nitrogens with zero attached hydrogens (tertiary/aromatic N) is 1. The van der Waals surface area contributed by atoms with Gasteiger partial charge in [-0.25, -0.2) is 0 Å². The average Bonchev–Trinajstić information content (AvgIpc) is 1.99. The van der Waals surface area contributed by atoms with Crippen molar-refractivity contribution < 1.29 is 4.79 Å². The first kappa shape index (κ1) is 12.4. The molecule has 0 aliphatic rings. The second kappa shape index (κ2) is 4.61. The SMILES string of the molecule is CC(C)NCC(C)(C)C(=O)N(C)C. The van der Waals surface area contributed by atoms with Crippen LogP contribution >= 0.6 is 0 Å². The molecule has 0 radical (unpaired) electrons. The molecule has 0 aromatic rings. The lowest BCUT2D eigenvalue weighted by molar-refractivity contribution is -0.137. The number of carbonyl (C=O) groups excluding carboxylic acids is 1. The number of nitrogens with one attached hydrogen (secondary N) is 1. The molecular formula is C10H22N2O. The molecule has 1 amide bonds. The van der Waals surface area contributed by atoms with Crippen molar-refractivity contribution >= 4 is 5.91 Å². The molecule has 0 aromatic heterocycles. The van der Waals surface area contributed by atoms with E-state index in [0.29, 0.717) is 6.04 Å². The third-order valence-corrected chi connectivity index (χ3v) is 1.94. The van der Waals surface area contributed by atoms with Crippen molar-refractivity contribution in [2.45, 2.75) is 33.7 Å². The highest BCUT2D eigenvalue weighted by Crippen LogP contribution is 2.16. The standard InChI is InChI=1S/C10H22N2O/c1-8(2)11-7-10(3,4)9(13)12(5)6/h8,11H,7H2,1-6H3. The van der Waals surface area contributed by atoms with E-state index in [1.807, 2.05) is 13.8 Å². The Bertz CT molecular complexity index is 174. The second-order valence-corrected chi connectivity index (χ2v) is 4.62. The highest BCUT2D eigenvalue weighted by Gasteiger charge is 2.28. The van der Waals surface area contributed by atoms with Crippen LogP contribution in [-0.4, -0.2) is 37.5 Å². The highest BCUT2D eigenvalue weighted by molar-refractivity contribution is 5.81. The van der Waals surface area contributed by atoms with Crippen LogP contribution in [0.3, 0.4) is 0 Å². The van der Waals surface area contributed by atoms with Gasteiger partial charge in [0.05, 0.1) is 5.41 Å². The molecule has 0 spiro atoms. The molecule has 0 rings (SSSR count). The second-order valence-electron chi connectivity index (χ2n) is 4.62. The quantitative estimate of drug-likeness (QED) is 0.713. The molecule has 0 fully saturated rings. The number of carbonyl (C=O) groups is 1. The van der Waals surface area contributed by atoms with Crippen LogP contribution in [0.15, 0.2) is 0 Å². The third kappa shape index (κ3) is 4.27. The molecule has 13 heavy (non-hydrogen) atoms. The van der Waals surface area contributed by atoms with E-state index in [9.17, 15) is 4.79 Å². The van der Waals surface area contributed by atoms with Gasteiger partial charge in [-0.1, -0.05) is 13.8 Å². The van der Waals surface area contributed by atoms with E-state index in [0.717, 1.165) is 6.54 Å². The normalized spacial score (nSPS) is 11.9. The molecule has 0 atom stereocenters. The lowest BCUT2D eigenvalue weighted by Gasteiger charge is -2.28. The molecule has 0 aromatic carbocycles. The van der Waals surface area contributed by atoms with Gasteiger partial charge < -0.3 is 10.2 Å². The van der Waals surface area contributed by atoms with Gasteiger partial charge in [-0.05, 0) is 13.8 Å². The predicted octanol–water partition coefficient (Wildman–Crippen LogP) is 1.10. The summed E-state index contributed by atoms with van der Waals surface area (Å²) in [5, 5.41) is 3.27. The van der Waals surface area contributed by atoms with E-state index < -0.39 is 0 Å². The van der Waals surface area contributed by atoms with Gasteiger partial charge in [0.2, 0.25) is 5.91 Å². The van der Waals surface area contributed by atoms with Crippen LogP contribution in [-0.2, 0) is 4.79 Å². The van der Waals surface area contributed by atoms with Crippen molar-refractivity contribution in [2.75, 3.05) is 20.6 Å². The molecule has 3 heteroatoms. The van der Waals surface area contributed by atoms with E-state index in [1.165, 1.54) is 0 Å². The van der Waals surface area contributed by atoms with Crippen molar-refractivity contribution in [3.63, 3.8) is 0 Å². The summed E-state index contributed by atoms with van der Waals surface area (Å²) in [6.07, 6.45) is 0. The number of hydrogen-bond acceptors (Lipinski definition) is 2. The number of amides is 1. The topological polar surface area (TPSA) is 32.3 Å². The van der Waals surface area contributed by atoms with Gasteiger partial charge in [0.15, 0.2) is 0 Å². The molecule has 3 nitrogen and oxygen atoms in total. The first-order valence-corrected chi connectivity index (χ1v) is 4.72. The Morgan fingerprint density at radius 3 is 2.15 bits per heavy atom. The molecule has 0 aliphatic heterocycles. The van der Waals surface area contributed by atoms with E-state index >= 15 is 0 Å². The summed E-state index contributed by atoms with van der Waals surface area (Å²) >= 11 is 0. The molecule has 0 saturated heterocycles. The monoisotopic (exact) mass is 186 g/mol. The Labute approximate surface area is 81.5 Å². The summed E-state index contributed by atoms with van der Waals surface area (Å²) in [5.41, 5.74) is -0.312. The largest absolute Gasteiger partial charge is 0.348 e. The Morgan fingerprint density at radius 2 is 1.85 bits per heavy atom. The van der Waals surface area contributed by atoms with Gasteiger partial charge in [0, 0.05) is 26.7 Å². The Hall–Kier alpha value is -0.570.